The number of rotatable bonds is 5. The first-order valence-electron chi connectivity index (χ1n) is 11.7. The minimum Gasteiger partial charge on any atom is -0.457 e. The average molecular weight is 580 g/mol. The third kappa shape index (κ3) is 9.44. The number of fused-ring (bicyclic) bond motifs is 1. The van der Waals surface area contributed by atoms with Crippen molar-refractivity contribution in [2.24, 2.45) is 14.7 Å². The van der Waals surface area contributed by atoms with E-state index < -0.39 is 6.04 Å². The van der Waals surface area contributed by atoms with Gasteiger partial charge in [-0.1, -0.05) is 39.0 Å². The highest BCUT2D eigenvalue weighted by atomic mass is 127. The standard InChI is InChI=1S/C21H23N3O2.C2H7N.C2H6.CH2IN/c22-19(21(25)24-10-4-5-11-24)12-15-14-23-20-9-8-17(13-18(15)20)26-16-6-2-1-3-7-16;1-2-3;1-2;1-3-2/h1-3,6-9,13-14,19,23H,4-5,10-12,22H2;2-3H2,1H3;1-2H3;1H2/t19-;;;/m0.../s1. The highest BCUT2D eigenvalue weighted by molar-refractivity contribution is 14.1. The van der Waals surface area contributed by atoms with Crippen molar-refractivity contribution in [3.63, 3.8) is 0 Å². The number of amides is 1. The van der Waals surface area contributed by atoms with Gasteiger partial charge in [0.05, 0.1) is 28.9 Å². The summed E-state index contributed by atoms with van der Waals surface area (Å²) in [6.45, 7) is 11.4. The van der Waals surface area contributed by atoms with E-state index in [1.807, 2.05) is 80.4 Å². The van der Waals surface area contributed by atoms with Crippen molar-refractivity contribution < 1.29 is 9.53 Å². The lowest BCUT2D eigenvalue weighted by molar-refractivity contribution is -0.131. The lowest BCUT2D eigenvalue weighted by Crippen LogP contribution is -2.43. The van der Waals surface area contributed by atoms with Gasteiger partial charge in [0, 0.05) is 30.2 Å². The van der Waals surface area contributed by atoms with Crippen LogP contribution in [0.1, 0.15) is 39.2 Å². The second kappa shape index (κ2) is 17.1. The zero-order chi connectivity index (χ0) is 25.3. The molecule has 0 aliphatic carbocycles. The Labute approximate surface area is 217 Å². The number of hydrogen-bond donors (Lipinski definition) is 3. The quantitative estimate of drug-likeness (QED) is 0.275. The van der Waals surface area contributed by atoms with Gasteiger partial charge in [-0.25, -0.2) is 3.21 Å². The van der Waals surface area contributed by atoms with Gasteiger partial charge in [-0.15, -0.1) is 0 Å². The molecule has 1 fully saturated rings. The average Bonchev–Trinajstić information content (AvgIpc) is 3.52. The zero-order valence-electron chi connectivity index (χ0n) is 20.5. The summed E-state index contributed by atoms with van der Waals surface area (Å²) in [5.74, 6) is 1.61. The molecule has 0 radical (unpaired) electrons. The maximum Gasteiger partial charge on any atom is 0.239 e. The summed E-state index contributed by atoms with van der Waals surface area (Å²) in [4.78, 5) is 17.6. The van der Waals surface area contributed by atoms with Crippen LogP contribution in [-0.4, -0.2) is 48.2 Å². The molecule has 0 bridgehead atoms. The van der Waals surface area contributed by atoms with E-state index in [1.54, 1.807) is 22.9 Å². The smallest absolute Gasteiger partial charge is 0.239 e. The summed E-state index contributed by atoms with van der Waals surface area (Å²) < 4.78 is 9.14. The summed E-state index contributed by atoms with van der Waals surface area (Å²) in [5, 5.41) is 1.04. The van der Waals surface area contributed by atoms with Crippen molar-refractivity contribution >= 4 is 46.4 Å². The van der Waals surface area contributed by atoms with Gasteiger partial charge >= 0.3 is 0 Å². The first-order chi connectivity index (χ1) is 16.5. The Morgan fingerprint density at radius 3 is 2.35 bits per heavy atom. The fourth-order valence-electron chi connectivity index (χ4n) is 3.51. The van der Waals surface area contributed by atoms with E-state index in [9.17, 15) is 4.79 Å². The summed E-state index contributed by atoms with van der Waals surface area (Å²) in [6, 6.07) is 15.1. The van der Waals surface area contributed by atoms with Crippen LogP contribution in [0.2, 0.25) is 0 Å². The minimum atomic E-state index is -0.509. The van der Waals surface area contributed by atoms with E-state index in [2.05, 4.69) is 14.9 Å². The second-order valence-electron chi connectivity index (χ2n) is 7.31. The molecule has 0 spiro atoms. The summed E-state index contributed by atoms with van der Waals surface area (Å²) in [6.07, 6.45) is 4.61. The van der Waals surface area contributed by atoms with Gasteiger partial charge in [-0.3, -0.25) is 4.79 Å². The zero-order valence-corrected chi connectivity index (χ0v) is 22.6. The molecular weight excluding hydrogens is 541 g/mol. The molecule has 2 aromatic carbocycles. The number of nitrogens with zero attached hydrogens (tertiary/aromatic N) is 2. The molecular formula is C26H38IN5O2. The van der Waals surface area contributed by atoms with Crippen LogP contribution in [0.15, 0.2) is 57.9 Å². The number of hydrogen-bond acceptors (Lipinski definition) is 5. The third-order valence-electron chi connectivity index (χ3n) is 4.89. The molecule has 3 aromatic rings. The number of nitrogens with one attached hydrogen (secondary N) is 1. The number of para-hydroxylation sites is 1. The molecule has 4 rings (SSSR count). The van der Waals surface area contributed by atoms with Crippen LogP contribution in [-0.2, 0) is 11.2 Å². The van der Waals surface area contributed by atoms with E-state index in [0.29, 0.717) is 6.42 Å². The number of likely N-dealkylation sites (tertiary alicyclic amines) is 1. The maximum absolute atomic E-state index is 12.5. The van der Waals surface area contributed by atoms with Crippen molar-refractivity contribution in [2.75, 3.05) is 19.6 Å². The van der Waals surface area contributed by atoms with Gasteiger partial charge in [0.2, 0.25) is 5.91 Å². The van der Waals surface area contributed by atoms with Crippen molar-refractivity contribution in [3.8, 4) is 11.5 Å². The van der Waals surface area contributed by atoms with Crippen LogP contribution in [0.25, 0.3) is 10.9 Å². The van der Waals surface area contributed by atoms with E-state index in [0.717, 1.165) is 60.4 Å². The number of carbonyl (C=O) groups excluding carboxylic acids is 1. The molecule has 5 N–H and O–H groups in total. The Hall–Kier alpha value is -2.43. The molecule has 1 atom stereocenters. The number of aromatic nitrogens is 1. The molecule has 1 amide bonds. The van der Waals surface area contributed by atoms with E-state index in [4.69, 9.17) is 16.2 Å². The second-order valence-corrected chi connectivity index (χ2v) is 7.99. The van der Waals surface area contributed by atoms with Gasteiger partial charge in [0.15, 0.2) is 0 Å². The molecule has 8 heteroatoms. The lowest BCUT2D eigenvalue weighted by atomic mass is 10.0. The van der Waals surface area contributed by atoms with E-state index in [-0.39, 0.29) is 5.91 Å². The monoisotopic (exact) mass is 579 g/mol. The van der Waals surface area contributed by atoms with Crippen LogP contribution in [0.4, 0.5) is 0 Å². The molecule has 0 saturated carbocycles. The van der Waals surface area contributed by atoms with Gasteiger partial charge in [0.25, 0.3) is 0 Å². The molecule has 7 nitrogen and oxygen atoms in total. The highest BCUT2D eigenvalue weighted by Crippen LogP contribution is 2.28. The summed E-state index contributed by atoms with van der Waals surface area (Å²) in [5.41, 5.74) is 13.1. The van der Waals surface area contributed by atoms with E-state index in [1.165, 1.54) is 0 Å². The number of nitrogens with two attached hydrogens (primary N) is 2. The van der Waals surface area contributed by atoms with Crippen LogP contribution >= 0.6 is 22.9 Å². The van der Waals surface area contributed by atoms with Gasteiger partial charge in [-0.2, -0.15) is 0 Å². The first-order valence-corrected chi connectivity index (χ1v) is 12.6. The Kier molecular flexibility index (Phi) is 14.9. The fraction of sp³-hybridized carbons (Fsp3) is 0.385. The van der Waals surface area contributed by atoms with Crippen molar-refractivity contribution in [1.29, 1.82) is 0 Å². The van der Waals surface area contributed by atoms with Crippen molar-refractivity contribution in [3.05, 3.63) is 60.3 Å². The minimum absolute atomic E-state index is 0.0496. The lowest BCUT2D eigenvalue weighted by Gasteiger charge is -2.20. The molecule has 2 heterocycles. The summed E-state index contributed by atoms with van der Waals surface area (Å²) in [7, 11) is 0. The Morgan fingerprint density at radius 2 is 1.76 bits per heavy atom. The molecule has 34 heavy (non-hydrogen) atoms. The molecule has 1 aliphatic rings. The van der Waals surface area contributed by atoms with Crippen molar-refractivity contribution in [2.45, 2.75) is 46.1 Å². The first kappa shape index (κ1) is 29.6. The maximum atomic E-state index is 12.5. The Morgan fingerprint density at radius 1 is 1.18 bits per heavy atom. The molecule has 1 aromatic heterocycles. The molecule has 1 saturated heterocycles. The fourth-order valence-corrected chi connectivity index (χ4v) is 3.51. The number of aromatic amines is 1. The largest absolute Gasteiger partial charge is 0.457 e. The molecule has 186 valence electrons. The van der Waals surface area contributed by atoms with Gasteiger partial charge < -0.3 is 26.1 Å². The van der Waals surface area contributed by atoms with Crippen molar-refractivity contribution in [1.82, 2.24) is 9.88 Å². The number of carbonyl (C=O) groups is 1. The molecule has 1 aliphatic heterocycles. The van der Waals surface area contributed by atoms with Crippen LogP contribution in [0, 0.1) is 0 Å². The number of benzene rings is 2. The van der Waals surface area contributed by atoms with E-state index >= 15 is 0 Å². The van der Waals surface area contributed by atoms with Crippen LogP contribution in [0.5, 0.6) is 11.5 Å². The Balaban J connectivity index is 0.000000643. The number of H-pyrrole nitrogens is 1. The van der Waals surface area contributed by atoms with Gasteiger partial charge in [-0.05, 0) is 68.4 Å². The van der Waals surface area contributed by atoms with Crippen LogP contribution in [0.3, 0.4) is 0 Å². The third-order valence-corrected chi connectivity index (χ3v) is 4.89. The normalized spacial score (nSPS) is 12.8. The number of halogens is 1. The SMILES string of the molecule is C=NI.CC.CCN.N[C@@H](Cc1c[nH]c2ccc(Oc3ccccc3)cc12)C(=O)N1CCCC1. The van der Waals surface area contributed by atoms with Crippen LogP contribution < -0.4 is 16.2 Å². The topological polar surface area (TPSA) is 110 Å². The predicted molar refractivity (Wildman–Crippen MR) is 152 cm³/mol. The number of ether oxygens (including phenoxy) is 1. The predicted octanol–water partition coefficient (Wildman–Crippen LogP) is 5.48. The molecule has 0 unspecified atom stereocenters. The Bertz CT molecular complexity index is 972. The van der Waals surface area contributed by atoms with Gasteiger partial charge in [0.1, 0.15) is 11.5 Å². The highest BCUT2D eigenvalue weighted by Gasteiger charge is 2.24. The summed E-state index contributed by atoms with van der Waals surface area (Å²) >= 11 is 1.80.